The molecule has 0 aliphatic rings. The van der Waals surface area contributed by atoms with E-state index in [0.29, 0.717) is 5.02 Å². The van der Waals surface area contributed by atoms with E-state index in [9.17, 15) is 5.11 Å². The highest BCUT2D eigenvalue weighted by Crippen LogP contribution is 2.34. The fraction of sp³-hybridized carbons (Fsp3) is 0.625. The number of hydrogen-bond donors (Lipinski definition) is 1. The predicted octanol–water partition coefficient (Wildman–Crippen LogP) is 4.25. The minimum atomic E-state index is 0.0370. The summed E-state index contributed by atoms with van der Waals surface area (Å²) in [7, 11) is 0. The van der Waals surface area contributed by atoms with Crippen LogP contribution in [-0.4, -0.2) is 47.6 Å². The molecule has 0 spiro atoms. The van der Waals surface area contributed by atoms with Gasteiger partial charge in [-0.3, -0.25) is 4.90 Å². The van der Waals surface area contributed by atoms with E-state index in [1.807, 2.05) is 6.07 Å². The second kappa shape index (κ2) is 9.52. The molecule has 21 heavy (non-hydrogen) atoms. The standard InChI is InChI=1S/C16H26Cl2N2O/c1-4-19(5-2)10-7-11-20(6-3)12-13-8-9-14(21)16(18)15(13)17/h8-9,21H,4-7,10-12H2,1-3H3. The molecule has 0 radical (unpaired) electrons. The monoisotopic (exact) mass is 332 g/mol. The predicted molar refractivity (Wildman–Crippen MR) is 91.5 cm³/mol. The van der Waals surface area contributed by atoms with E-state index in [0.717, 1.165) is 51.3 Å². The number of rotatable bonds is 9. The van der Waals surface area contributed by atoms with Crippen molar-refractivity contribution in [1.82, 2.24) is 9.80 Å². The summed E-state index contributed by atoms with van der Waals surface area (Å²) in [4.78, 5) is 4.77. The van der Waals surface area contributed by atoms with E-state index in [2.05, 4.69) is 30.6 Å². The third-order valence-corrected chi connectivity index (χ3v) is 4.74. The van der Waals surface area contributed by atoms with Gasteiger partial charge in [0.1, 0.15) is 10.8 Å². The van der Waals surface area contributed by atoms with Crippen LogP contribution >= 0.6 is 23.2 Å². The molecule has 0 amide bonds. The van der Waals surface area contributed by atoms with Crippen LogP contribution in [0.4, 0.5) is 0 Å². The van der Waals surface area contributed by atoms with Gasteiger partial charge in [0.05, 0.1) is 5.02 Å². The van der Waals surface area contributed by atoms with Crippen molar-refractivity contribution in [3.63, 3.8) is 0 Å². The van der Waals surface area contributed by atoms with Crippen molar-refractivity contribution in [3.05, 3.63) is 27.7 Å². The molecule has 120 valence electrons. The van der Waals surface area contributed by atoms with Gasteiger partial charge in [-0.2, -0.15) is 0 Å². The average Bonchev–Trinajstić information content (AvgIpc) is 2.50. The molecule has 0 heterocycles. The largest absolute Gasteiger partial charge is 0.506 e. The van der Waals surface area contributed by atoms with E-state index >= 15 is 0 Å². The molecule has 0 saturated heterocycles. The van der Waals surface area contributed by atoms with Crippen LogP contribution in [0.15, 0.2) is 12.1 Å². The number of nitrogens with zero attached hydrogens (tertiary/aromatic N) is 2. The summed E-state index contributed by atoms with van der Waals surface area (Å²) in [6.45, 7) is 12.6. The van der Waals surface area contributed by atoms with E-state index in [-0.39, 0.29) is 10.8 Å². The normalized spacial score (nSPS) is 11.6. The Hall–Kier alpha value is -0.480. The van der Waals surface area contributed by atoms with E-state index in [4.69, 9.17) is 23.2 Å². The van der Waals surface area contributed by atoms with Crippen molar-refractivity contribution in [2.45, 2.75) is 33.7 Å². The summed E-state index contributed by atoms with van der Waals surface area (Å²) in [5.74, 6) is 0.0370. The fourth-order valence-electron chi connectivity index (χ4n) is 2.35. The van der Waals surface area contributed by atoms with Gasteiger partial charge in [-0.05, 0) is 50.8 Å². The molecule has 1 aromatic carbocycles. The minimum absolute atomic E-state index is 0.0370. The van der Waals surface area contributed by atoms with Crippen LogP contribution in [-0.2, 0) is 6.54 Å². The Balaban J connectivity index is 2.56. The molecular weight excluding hydrogens is 307 g/mol. The van der Waals surface area contributed by atoms with Gasteiger partial charge in [0, 0.05) is 6.54 Å². The van der Waals surface area contributed by atoms with Crippen LogP contribution in [0.5, 0.6) is 5.75 Å². The number of phenols is 1. The highest BCUT2D eigenvalue weighted by Gasteiger charge is 2.12. The van der Waals surface area contributed by atoms with E-state index < -0.39 is 0 Å². The molecule has 0 fully saturated rings. The molecule has 0 atom stereocenters. The van der Waals surface area contributed by atoms with Crippen LogP contribution < -0.4 is 0 Å². The summed E-state index contributed by atoms with van der Waals surface area (Å²) in [5, 5.41) is 10.2. The maximum absolute atomic E-state index is 9.54. The van der Waals surface area contributed by atoms with Crippen molar-refractivity contribution >= 4 is 23.2 Å². The van der Waals surface area contributed by atoms with Gasteiger partial charge in [0.2, 0.25) is 0 Å². The molecular formula is C16H26Cl2N2O. The quantitative estimate of drug-likeness (QED) is 0.732. The van der Waals surface area contributed by atoms with Gasteiger partial charge < -0.3 is 10.0 Å². The maximum atomic E-state index is 9.54. The van der Waals surface area contributed by atoms with Crippen molar-refractivity contribution in [1.29, 1.82) is 0 Å². The zero-order valence-electron chi connectivity index (χ0n) is 13.2. The molecule has 0 aromatic heterocycles. The zero-order chi connectivity index (χ0) is 15.8. The molecule has 0 aliphatic carbocycles. The first-order valence-electron chi connectivity index (χ1n) is 7.63. The molecule has 0 bridgehead atoms. The lowest BCUT2D eigenvalue weighted by Crippen LogP contribution is -2.29. The number of hydrogen-bond acceptors (Lipinski definition) is 3. The third kappa shape index (κ3) is 5.67. The van der Waals surface area contributed by atoms with Gasteiger partial charge in [0.15, 0.2) is 0 Å². The van der Waals surface area contributed by atoms with Crippen molar-refractivity contribution in [2.75, 3.05) is 32.7 Å². The van der Waals surface area contributed by atoms with Crippen LogP contribution in [0.2, 0.25) is 10.0 Å². The molecule has 3 nitrogen and oxygen atoms in total. The lowest BCUT2D eigenvalue weighted by atomic mass is 10.2. The Kier molecular flexibility index (Phi) is 8.42. The average molecular weight is 333 g/mol. The molecule has 0 aliphatic heterocycles. The minimum Gasteiger partial charge on any atom is -0.506 e. The second-order valence-corrected chi connectivity index (χ2v) is 5.88. The summed E-state index contributed by atoms with van der Waals surface area (Å²) >= 11 is 12.2. The third-order valence-electron chi connectivity index (χ3n) is 3.83. The molecule has 1 aromatic rings. The molecule has 0 saturated carbocycles. The van der Waals surface area contributed by atoms with Crippen LogP contribution in [0.25, 0.3) is 0 Å². The first-order chi connectivity index (χ1) is 10.0. The summed E-state index contributed by atoms with van der Waals surface area (Å²) in [5.41, 5.74) is 0.962. The Morgan fingerprint density at radius 1 is 0.905 bits per heavy atom. The summed E-state index contributed by atoms with van der Waals surface area (Å²) in [6, 6.07) is 3.45. The Labute approximate surface area is 138 Å². The van der Waals surface area contributed by atoms with Gasteiger partial charge in [0.25, 0.3) is 0 Å². The highest BCUT2D eigenvalue weighted by atomic mass is 35.5. The number of halogens is 2. The van der Waals surface area contributed by atoms with Gasteiger partial charge in [-0.25, -0.2) is 0 Å². The van der Waals surface area contributed by atoms with Crippen molar-refractivity contribution in [2.24, 2.45) is 0 Å². The van der Waals surface area contributed by atoms with Gasteiger partial charge in [-0.1, -0.05) is 50.0 Å². The van der Waals surface area contributed by atoms with Crippen molar-refractivity contribution < 1.29 is 5.11 Å². The SMILES string of the molecule is CCN(CC)CCCN(CC)Cc1ccc(O)c(Cl)c1Cl. The molecule has 1 N–H and O–H groups in total. The Bertz CT molecular complexity index is 437. The van der Waals surface area contributed by atoms with Crippen LogP contribution in [0.3, 0.4) is 0 Å². The molecule has 0 unspecified atom stereocenters. The summed E-state index contributed by atoms with van der Waals surface area (Å²) in [6.07, 6.45) is 1.14. The lowest BCUT2D eigenvalue weighted by Gasteiger charge is -2.24. The topological polar surface area (TPSA) is 26.7 Å². The van der Waals surface area contributed by atoms with Crippen molar-refractivity contribution in [3.8, 4) is 5.75 Å². The molecule has 5 heteroatoms. The van der Waals surface area contributed by atoms with Crippen LogP contribution in [0, 0.1) is 0 Å². The first-order valence-corrected chi connectivity index (χ1v) is 8.39. The Morgan fingerprint density at radius 2 is 1.48 bits per heavy atom. The van der Waals surface area contributed by atoms with E-state index in [1.165, 1.54) is 0 Å². The number of phenolic OH excluding ortho intramolecular Hbond substituents is 1. The molecule has 1 rings (SSSR count). The number of aromatic hydroxyl groups is 1. The second-order valence-electron chi connectivity index (χ2n) is 5.12. The first kappa shape index (κ1) is 18.6. The summed E-state index contributed by atoms with van der Waals surface area (Å²) < 4.78 is 0. The Morgan fingerprint density at radius 3 is 2.05 bits per heavy atom. The van der Waals surface area contributed by atoms with Gasteiger partial charge in [-0.15, -0.1) is 0 Å². The zero-order valence-corrected chi connectivity index (χ0v) is 14.7. The maximum Gasteiger partial charge on any atom is 0.135 e. The van der Waals surface area contributed by atoms with E-state index in [1.54, 1.807) is 6.07 Å². The lowest BCUT2D eigenvalue weighted by molar-refractivity contribution is 0.238. The number of benzene rings is 1. The smallest absolute Gasteiger partial charge is 0.135 e. The highest BCUT2D eigenvalue weighted by molar-refractivity contribution is 6.43. The fourth-order valence-corrected chi connectivity index (χ4v) is 2.75. The van der Waals surface area contributed by atoms with Gasteiger partial charge >= 0.3 is 0 Å². The van der Waals surface area contributed by atoms with Crippen LogP contribution in [0.1, 0.15) is 32.8 Å².